The fourth-order valence-corrected chi connectivity index (χ4v) is 1.41. The highest BCUT2D eigenvalue weighted by atomic mass is 16.5. The summed E-state index contributed by atoms with van der Waals surface area (Å²) in [6.45, 7) is 3.70. The van der Waals surface area contributed by atoms with E-state index in [2.05, 4.69) is 37.7 Å². The second-order valence-electron chi connectivity index (χ2n) is 3.73. The zero-order chi connectivity index (χ0) is 12.6. The lowest BCUT2D eigenvalue weighted by Crippen LogP contribution is -2.08. The summed E-state index contributed by atoms with van der Waals surface area (Å²) >= 11 is 0. The summed E-state index contributed by atoms with van der Waals surface area (Å²) < 4.78 is 4.90. The van der Waals surface area contributed by atoms with Gasteiger partial charge >= 0.3 is 0 Å². The molecule has 18 heavy (non-hydrogen) atoms. The number of nitrogens with one attached hydrogen (secondary N) is 2. The molecule has 2 N–H and O–H groups in total. The molecular formula is C11H16N6O. The molecule has 0 atom stereocenters. The summed E-state index contributed by atoms with van der Waals surface area (Å²) in [5.74, 6) is 2.22. The Morgan fingerprint density at radius 2 is 1.83 bits per heavy atom. The molecule has 0 spiro atoms. The first-order valence-electron chi connectivity index (χ1n) is 5.94. The molecule has 2 rings (SSSR count). The molecule has 2 heterocycles. The first-order chi connectivity index (χ1) is 8.88. The highest BCUT2D eigenvalue weighted by molar-refractivity contribution is 5.46. The topological polar surface area (TPSA) is 88.8 Å². The second kappa shape index (κ2) is 6.53. The summed E-state index contributed by atoms with van der Waals surface area (Å²) in [7, 11) is 0. The van der Waals surface area contributed by atoms with Gasteiger partial charge in [0.15, 0.2) is 6.33 Å². The van der Waals surface area contributed by atoms with Crippen molar-refractivity contribution >= 4 is 11.6 Å². The lowest BCUT2D eigenvalue weighted by Gasteiger charge is -2.06. The van der Waals surface area contributed by atoms with E-state index in [1.807, 2.05) is 6.07 Å². The SMILES string of the molecule is CCCNc1cc(NCCc2ncno2)ncn1. The van der Waals surface area contributed by atoms with Crippen LogP contribution in [0.1, 0.15) is 19.2 Å². The van der Waals surface area contributed by atoms with Gasteiger partial charge in [0.25, 0.3) is 0 Å². The van der Waals surface area contributed by atoms with Crippen molar-refractivity contribution in [1.82, 2.24) is 20.1 Å². The summed E-state index contributed by atoms with van der Waals surface area (Å²) in [6, 6.07) is 1.88. The minimum absolute atomic E-state index is 0.612. The number of rotatable bonds is 7. The van der Waals surface area contributed by atoms with Crippen molar-refractivity contribution in [2.24, 2.45) is 0 Å². The predicted molar refractivity (Wildman–Crippen MR) is 67.3 cm³/mol. The van der Waals surface area contributed by atoms with Gasteiger partial charge in [0.2, 0.25) is 5.89 Å². The predicted octanol–water partition coefficient (Wildman–Crippen LogP) is 1.34. The summed E-state index contributed by atoms with van der Waals surface area (Å²) in [6.07, 6.45) is 4.66. The summed E-state index contributed by atoms with van der Waals surface area (Å²) in [5.41, 5.74) is 0. The maximum atomic E-state index is 4.90. The normalized spacial score (nSPS) is 10.3. The molecule has 7 nitrogen and oxygen atoms in total. The van der Waals surface area contributed by atoms with E-state index in [0.29, 0.717) is 18.9 Å². The number of hydrogen-bond donors (Lipinski definition) is 2. The minimum atomic E-state index is 0.612. The average Bonchev–Trinajstić information content (AvgIpc) is 2.90. The van der Waals surface area contributed by atoms with Crippen molar-refractivity contribution in [1.29, 1.82) is 0 Å². The summed E-state index contributed by atoms with van der Waals surface area (Å²) in [5, 5.41) is 9.93. The fraction of sp³-hybridized carbons (Fsp3) is 0.455. The average molecular weight is 248 g/mol. The maximum Gasteiger partial charge on any atom is 0.228 e. The van der Waals surface area contributed by atoms with E-state index in [4.69, 9.17) is 4.52 Å². The first-order valence-corrected chi connectivity index (χ1v) is 5.94. The standard InChI is InChI=1S/C11H16N6O/c1-2-4-12-9-6-10(15-7-14-9)13-5-3-11-16-8-17-18-11/h6-8H,2-5H2,1H3,(H2,12,13,14,15). The van der Waals surface area contributed by atoms with Crippen molar-refractivity contribution in [3.63, 3.8) is 0 Å². The molecule has 2 aromatic rings. The largest absolute Gasteiger partial charge is 0.370 e. The van der Waals surface area contributed by atoms with Crippen LogP contribution >= 0.6 is 0 Å². The number of anilines is 2. The Balaban J connectivity index is 1.81. The van der Waals surface area contributed by atoms with Crippen LogP contribution in [0.15, 0.2) is 23.2 Å². The molecule has 96 valence electrons. The van der Waals surface area contributed by atoms with Gasteiger partial charge in [0, 0.05) is 25.6 Å². The van der Waals surface area contributed by atoms with Gasteiger partial charge in [-0.05, 0) is 6.42 Å². The molecule has 0 radical (unpaired) electrons. The Morgan fingerprint density at radius 1 is 1.06 bits per heavy atom. The van der Waals surface area contributed by atoms with E-state index < -0.39 is 0 Å². The van der Waals surface area contributed by atoms with Gasteiger partial charge in [-0.25, -0.2) is 9.97 Å². The third-order valence-corrected chi connectivity index (χ3v) is 2.28. The fourth-order valence-electron chi connectivity index (χ4n) is 1.41. The van der Waals surface area contributed by atoms with Crippen LogP contribution in [0.25, 0.3) is 0 Å². The van der Waals surface area contributed by atoms with Gasteiger partial charge in [-0.3, -0.25) is 0 Å². The zero-order valence-corrected chi connectivity index (χ0v) is 10.3. The van der Waals surface area contributed by atoms with Crippen LogP contribution in [0.3, 0.4) is 0 Å². The Morgan fingerprint density at radius 3 is 2.50 bits per heavy atom. The van der Waals surface area contributed by atoms with Crippen molar-refractivity contribution in [3.8, 4) is 0 Å². The number of hydrogen-bond acceptors (Lipinski definition) is 7. The van der Waals surface area contributed by atoms with Crippen molar-refractivity contribution < 1.29 is 4.52 Å². The maximum absolute atomic E-state index is 4.90. The molecular weight excluding hydrogens is 232 g/mol. The summed E-state index contributed by atoms with van der Waals surface area (Å²) in [4.78, 5) is 12.2. The molecule has 0 aliphatic rings. The van der Waals surface area contributed by atoms with E-state index in [-0.39, 0.29) is 0 Å². The molecule has 7 heteroatoms. The van der Waals surface area contributed by atoms with Crippen molar-refractivity contribution in [3.05, 3.63) is 24.6 Å². The number of aromatic nitrogens is 4. The van der Waals surface area contributed by atoms with E-state index in [1.54, 1.807) is 0 Å². The van der Waals surface area contributed by atoms with Gasteiger partial charge in [0.1, 0.15) is 18.0 Å². The zero-order valence-electron chi connectivity index (χ0n) is 10.3. The second-order valence-corrected chi connectivity index (χ2v) is 3.73. The lowest BCUT2D eigenvalue weighted by molar-refractivity contribution is 0.379. The van der Waals surface area contributed by atoms with Gasteiger partial charge in [0.05, 0.1) is 0 Å². The van der Waals surface area contributed by atoms with Crippen LogP contribution in [0.2, 0.25) is 0 Å². The monoisotopic (exact) mass is 248 g/mol. The molecule has 2 aromatic heterocycles. The smallest absolute Gasteiger partial charge is 0.228 e. The van der Waals surface area contributed by atoms with Gasteiger partial charge < -0.3 is 15.2 Å². The molecule has 0 aromatic carbocycles. The van der Waals surface area contributed by atoms with Gasteiger partial charge in [-0.2, -0.15) is 4.98 Å². The molecule has 0 aliphatic carbocycles. The van der Waals surface area contributed by atoms with Crippen LogP contribution in [0.5, 0.6) is 0 Å². The van der Waals surface area contributed by atoms with E-state index in [9.17, 15) is 0 Å². The third-order valence-electron chi connectivity index (χ3n) is 2.28. The highest BCUT2D eigenvalue weighted by Crippen LogP contribution is 2.08. The van der Waals surface area contributed by atoms with Crippen molar-refractivity contribution in [2.75, 3.05) is 23.7 Å². The third kappa shape index (κ3) is 3.69. The Hall–Kier alpha value is -2.18. The van der Waals surface area contributed by atoms with E-state index in [0.717, 1.165) is 24.6 Å². The van der Waals surface area contributed by atoms with Crippen LogP contribution in [0.4, 0.5) is 11.6 Å². The highest BCUT2D eigenvalue weighted by Gasteiger charge is 2.00. The van der Waals surface area contributed by atoms with E-state index >= 15 is 0 Å². The molecule has 0 unspecified atom stereocenters. The van der Waals surface area contributed by atoms with Crippen LogP contribution < -0.4 is 10.6 Å². The Bertz CT molecular complexity index is 458. The molecule has 0 fully saturated rings. The Labute approximate surface area is 105 Å². The van der Waals surface area contributed by atoms with Crippen molar-refractivity contribution in [2.45, 2.75) is 19.8 Å². The molecule has 0 saturated carbocycles. The Kier molecular flexibility index (Phi) is 4.46. The van der Waals surface area contributed by atoms with Crippen LogP contribution in [-0.4, -0.2) is 33.2 Å². The molecule has 0 aliphatic heterocycles. The first kappa shape index (κ1) is 12.3. The number of nitrogens with zero attached hydrogens (tertiary/aromatic N) is 4. The molecule has 0 amide bonds. The lowest BCUT2D eigenvalue weighted by atomic mass is 10.4. The molecule has 0 bridgehead atoms. The van der Waals surface area contributed by atoms with Gasteiger partial charge in [-0.15, -0.1) is 0 Å². The minimum Gasteiger partial charge on any atom is -0.370 e. The van der Waals surface area contributed by atoms with Crippen LogP contribution in [-0.2, 0) is 6.42 Å². The quantitative estimate of drug-likeness (QED) is 0.764. The van der Waals surface area contributed by atoms with E-state index in [1.165, 1.54) is 12.7 Å². The van der Waals surface area contributed by atoms with Crippen LogP contribution in [0, 0.1) is 0 Å². The molecule has 0 saturated heterocycles. The van der Waals surface area contributed by atoms with Gasteiger partial charge in [-0.1, -0.05) is 12.1 Å².